The number of carbonyl (C=O) groups is 1. The first-order valence-corrected chi connectivity index (χ1v) is 11.0. The molecule has 0 amide bonds. The van der Waals surface area contributed by atoms with E-state index in [9.17, 15) is 4.79 Å². The molecule has 2 aliphatic rings. The molecule has 0 atom stereocenters. The van der Waals surface area contributed by atoms with E-state index < -0.39 is 0 Å². The van der Waals surface area contributed by atoms with Crippen molar-refractivity contribution < 1.29 is 4.79 Å². The fraction of sp³-hybridized carbons (Fsp3) is 0.400. The van der Waals surface area contributed by atoms with Crippen LogP contribution in [-0.2, 0) is 18.5 Å². The van der Waals surface area contributed by atoms with Gasteiger partial charge in [0.15, 0.2) is 5.78 Å². The van der Waals surface area contributed by atoms with Crippen LogP contribution in [0.15, 0.2) is 30.6 Å². The number of amidine groups is 1. The smallest absolute Gasteiger partial charge is 0.182 e. The van der Waals surface area contributed by atoms with Crippen molar-refractivity contribution in [2.45, 2.75) is 58.0 Å². The lowest BCUT2D eigenvalue weighted by atomic mass is 9.84. The minimum Gasteiger partial charge on any atom is -0.343 e. The first-order chi connectivity index (χ1) is 15.3. The lowest BCUT2D eigenvalue weighted by molar-refractivity contribution is 0.0962. The molecule has 0 bridgehead atoms. The highest BCUT2D eigenvalue weighted by atomic mass is 79.9. The summed E-state index contributed by atoms with van der Waals surface area (Å²) in [5, 5.41) is 17.8. The number of ketones is 1. The molecule has 3 heterocycles. The average Bonchev–Trinajstić information content (AvgIpc) is 3.46. The van der Waals surface area contributed by atoms with Gasteiger partial charge in [-0.3, -0.25) is 10.2 Å². The number of hydrogen-bond acceptors (Lipinski definition) is 5. The van der Waals surface area contributed by atoms with E-state index in [-0.39, 0.29) is 41.3 Å². The van der Waals surface area contributed by atoms with Gasteiger partial charge in [0.2, 0.25) is 0 Å². The summed E-state index contributed by atoms with van der Waals surface area (Å²) in [6.07, 6.45) is 4.00. The van der Waals surface area contributed by atoms with Crippen molar-refractivity contribution in [3.8, 4) is 6.07 Å². The Kier molecular flexibility index (Phi) is 5.87. The van der Waals surface area contributed by atoms with E-state index in [0.29, 0.717) is 29.6 Å². The number of imidazole rings is 1. The Morgan fingerprint density at radius 3 is 2.70 bits per heavy atom. The van der Waals surface area contributed by atoms with E-state index >= 15 is 0 Å². The molecule has 0 radical (unpaired) electrons. The van der Waals surface area contributed by atoms with Crippen molar-refractivity contribution >= 4 is 39.6 Å². The summed E-state index contributed by atoms with van der Waals surface area (Å²) in [6.45, 7) is 7.10. The van der Waals surface area contributed by atoms with Crippen LogP contribution in [0.5, 0.6) is 0 Å². The molecule has 0 spiro atoms. The number of carbonyl (C=O) groups excluding carboxylic acids is 1. The van der Waals surface area contributed by atoms with Crippen molar-refractivity contribution in [1.82, 2.24) is 19.4 Å². The zero-order valence-electron chi connectivity index (χ0n) is 19.1. The van der Waals surface area contributed by atoms with Crippen LogP contribution in [0, 0.1) is 16.7 Å². The summed E-state index contributed by atoms with van der Waals surface area (Å²) in [4.78, 5) is 24.4. The Labute approximate surface area is 203 Å². The maximum Gasteiger partial charge on any atom is 0.182 e. The highest BCUT2D eigenvalue weighted by Crippen LogP contribution is 2.40. The van der Waals surface area contributed by atoms with Crippen molar-refractivity contribution in [3.05, 3.63) is 58.7 Å². The number of hydrogen-bond donors (Lipinski definition) is 1. The minimum atomic E-state index is -0.208. The third kappa shape index (κ3) is 4.18. The van der Waals surface area contributed by atoms with Gasteiger partial charge < -0.3 is 9.47 Å². The molecule has 2 aromatic heterocycles. The zero-order valence-corrected chi connectivity index (χ0v) is 20.8. The third-order valence-corrected chi connectivity index (χ3v) is 6.33. The van der Waals surface area contributed by atoms with Crippen molar-refractivity contribution in [1.29, 1.82) is 10.7 Å². The van der Waals surface area contributed by atoms with E-state index in [1.165, 1.54) is 12.8 Å². The Morgan fingerprint density at radius 1 is 1.27 bits per heavy atom. The summed E-state index contributed by atoms with van der Waals surface area (Å²) < 4.78 is 1.78. The number of nitrogens with one attached hydrogen (secondary N) is 1. The molecule has 7 nitrogen and oxygen atoms in total. The second kappa shape index (κ2) is 8.38. The second-order valence-electron chi connectivity index (χ2n) is 9.82. The topological polar surface area (TPSA) is 98.7 Å². The Balaban J connectivity index is 0.00000259. The van der Waals surface area contributed by atoms with Gasteiger partial charge in [0.1, 0.15) is 18.1 Å². The fourth-order valence-corrected chi connectivity index (χ4v) is 4.37. The van der Waals surface area contributed by atoms with Gasteiger partial charge in [-0.05, 0) is 42.0 Å². The largest absolute Gasteiger partial charge is 0.343 e. The van der Waals surface area contributed by atoms with Gasteiger partial charge in [-0.15, -0.1) is 17.0 Å². The van der Waals surface area contributed by atoms with Crippen LogP contribution >= 0.6 is 17.0 Å². The molecule has 1 aromatic carbocycles. The van der Waals surface area contributed by atoms with Gasteiger partial charge >= 0.3 is 0 Å². The van der Waals surface area contributed by atoms with Gasteiger partial charge in [0, 0.05) is 29.3 Å². The van der Waals surface area contributed by atoms with Crippen LogP contribution in [0.4, 0.5) is 0 Å². The number of benzene rings is 1. The molecule has 170 valence electrons. The van der Waals surface area contributed by atoms with Crippen LogP contribution in [0.3, 0.4) is 0 Å². The molecule has 3 aromatic rings. The van der Waals surface area contributed by atoms with Crippen LogP contribution in [0.1, 0.15) is 72.4 Å². The number of rotatable bonds is 5. The quantitative estimate of drug-likeness (QED) is 0.504. The molecule has 1 N–H and O–H groups in total. The molecular formula is C25H27BrN6O. The minimum absolute atomic E-state index is 0. The van der Waals surface area contributed by atoms with Crippen molar-refractivity contribution in [2.24, 2.45) is 0 Å². The van der Waals surface area contributed by atoms with Gasteiger partial charge in [-0.25, -0.2) is 9.97 Å². The van der Waals surface area contributed by atoms with Gasteiger partial charge in [0.05, 0.1) is 30.0 Å². The Bertz CT molecular complexity index is 1310. The van der Waals surface area contributed by atoms with Crippen LogP contribution < -0.4 is 0 Å². The van der Waals surface area contributed by atoms with Crippen molar-refractivity contribution in [3.63, 3.8) is 0 Å². The van der Waals surface area contributed by atoms with Crippen LogP contribution in [-0.4, -0.2) is 37.6 Å². The van der Waals surface area contributed by atoms with Crippen molar-refractivity contribution in [2.75, 3.05) is 6.54 Å². The van der Waals surface area contributed by atoms with E-state index in [1.54, 1.807) is 15.8 Å². The first kappa shape index (κ1) is 23.1. The summed E-state index contributed by atoms with van der Waals surface area (Å²) in [5.74, 6) is 0.800. The SMILES string of the molecule is Br.CC(C)(C)c1cc(C(=O)CN2Cc3ccc(C4CC4)nc3C2=N)cc2c1ncn2CC#N. The Hall–Kier alpha value is -3.05. The lowest BCUT2D eigenvalue weighted by Crippen LogP contribution is -2.30. The monoisotopic (exact) mass is 506 g/mol. The molecule has 0 saturated heterocycles. The van der Waals surface area contributed by atoms with Gasteiger partial charge in [-0.1, -0.05) is 26.8 Å². The predicted molar refractivity (Wildman–Crippen MR) is 132 cm³/mol. The fourth-order valence-electron chi connectivity index (χ4n) is 4.37. The Morgan fingerprint density at radius 2 is 2.03 bits per heavy atom. The number of nitrogens with zero attached hydrogens (tertiary/aromatic N) is 5. The molecule has 1 aliphatic carbocycles. The highest BCUT2D eigenvalue weighted by Gasteiger charge is 2.31. The van der Waals surface area contributed by atoms with Crippen LogP contribution in [0.25, 0.3) is 11.0 Å². The molecule has 33 heavy (non-hydrogen) atoms. The first-order valence-electron chi connectivity index (χ1n) is 11.0. The van der Waals surface area contributed by atoms with Gasteiger partial charge in [0.25, 0.3) is 0 Å². The molecular weight excluding hydrogens is 480 g/mol. The number of pyridine rings is 1. The summed E-state index contributed by atoms with van der Waals surface area (Å²) >= 11 is 0. The van der Waals surface area contributed by atoms with Gasteiger partial charge in [-0.2, -0.15) is 5.26 Å². The maximum absolute atomic E-state index is 13.3. The lowest BCUT2D eigenvalue weighted by Gasteiger charge is -2.22. The van der Waals surface area contributed by atoms with E-state index in [1.807, 2.05) is 12.1 Å². The molecule has 1 aliphatic heterocycles. The summed E-state index contributed by atoms with van der Waals surface area (Å²) in [5.41, 5.74) is 5.74. The summed E-state index contributed by atoms with van der Waals surface area (Å²) in [7, 11) is 0. The van der Waals surface area contributed by atoms with E-state index in [0.717, 1.165) is 27.9 Å². The molecule has 8 heteroatoms. The third-order valence-electron chi connectivity index (χ3n) is 6.33. The molecule has 1 fully saturated rings. The van der Waals surface area contributed by atoms with E-state index in [4.69, 9.17) is 15.7 Å². The number of nitriles is 1. The highest BCUT2D eigenvalue weighted by molar-refractivity contribution is 8.93. The zero-order chi connectivity index (χ0) is 22.6. The molecule has 1 saturated carbocycles. The number of Topliss-reactive ketones (excluding diaryl/α,β-unsaturated/α-hetero) is 1. The van der Waals surface area contributed by atoms with Crippen LogP contribution in [0.2, 0.25) is 0 Å². The predicted octanol–water partition coefficient (Wildman–Crippen LogP) is 4.73. The number of halogens is 1. The molecule has 5 rings (SSSR count). The molecule has 0 unspecified atom stereocenters. The second-order valence-corrected chi connectivity index (χ2v) is 9.82. The average molecular weight is 507 g/mol. The number of aromatic nitrogens is 3. The van der Waals surface area contributed by atoms with E-state index in [2.05, 4.69) is 44.0 Å². The summed E-state index contributed by atoms with van der Waals surface area (Å²) in [6, 6.07) is 10.0. The number of fused-ring (bicyclic) bond motifs is 2. The standard InChI is InChI=1S/C25H26N6O.BrH/c1-25(2,3)18-10-17(11-20-23(18)28-14-30(20)9-8-26)21(32)13-31-12-16-6-7-19(15-4-5-15)29-22(16)24(31)27;/h6-7,10-11,14-15,27H,4-5,9,12-13H2,1-3H3;1H. The maximum atomic E-state index is 13.3. The normalized spacial score (nSPS) is 15.3.